The number of carbonyl (C=O) groups is 1. The fourth-order valence-electron chi connectivity index (χ4n) is 2.63. The molecule has 0 unspecified atom stereocenters. The van der Waals surface area contributed by atoms with Gasteiger partial charge in [-0.1, -0.05) is 15.9 Å². The maximum Gasteiger partial charge on any atom is 0.304 e. The van der Waals surface area contributed by atoms with E-state index in [2.05, 4.69) is 15.9 Å². The molecule has 3 rings (SSSR count). The second-order valence-corrected chi connectivity index (χ2v) is 6.59. The third kappa shape index (κ3) is 2.20. The summed E-state index contributed by atoms with van der Waals surface area (Å²) in [7, 11) is 0. The van der Waals surface area contributed by atoms with Crippen LogP contribution >= 0.6 is 15.9 Å². The van der Waals surface area contributed by atoms with Gasteiger partial charge in [0.25, 0.3) is 0 Å². The molecule has 1 heterocycles. The van der Waals surface area contributed by atoms with E-state index >= 15 is 0 Å². The van der Waals surface area contributed by atoms with Crippen molar-refractivity contribution in [3.05, 3.63) is 22.2 Å². The first-order valence-corrected chi connectivity index (χ1v) is 7.05. The monoisotopic (exact) mass is 326 g/mol. The van der Waals surface area contributed by atoms with E-state index in [9.17, 15) is 4.79 Å². The van der Waals surface area contributed by atoms with Crippen molar-refractivity contribution in [2.24, 2.45) is 0 Å². The molecular weight excluding hydrogens is 312 g/mol. The van der Waals surface area contributed by atoms with Gasteiger partial charge in [-0.15, -0.1) is 0 Å². The molecule has 1 N–H and O–H groups in total. The minimum atomic E-state index is -0.762. The zero-order chi connectivity index (χ0) is 13.8. The Morgan fingerprint density at radius 3 is 2.42 bits per heavy atom. The molecule has 1 saturated carbocycles. The van der Waals surface area contributed by atoms with E-state index in [-0.39, 0.29) is 11.8 Å². The number of carboxylic acids is 1. The Bertz CT molecular complexity index is 561. The highest BCUT2D eigenvalue weighted by atomic mass is 79.9. The molecule has 0 spiro atoms. The quantitative estimate of drug-likeness (QED) is 0.924. The second-order valence-electron chi connectivity index (χ2n) is 5.73. The summed E-state index contributed by atoms with van der Waals surface area (Å²) in [5, 5.41) is 9.05. The summed E-state index contributed by atoms with van der Waals surface area (Å²) < 4.78 is 12.3. The van der Waals surface area contributed by atoms with Crippen LogP contribution in [0.1, 0.15) is 38.7 Å². The molecule has 1 fully saturated rings. The number of benzene rings is 1. The lowest BCUT2D eigenvalue weighted by Crippen LogP contribution is -2.29. The summed E-state index contributed by atoms with van der Waals surface area (Å²) in [6, 6.07) is 3.80. The first-order valence-electron chi connectivity index (χ1n) is 6.25. The zero-order valence-corrected chi connectivity index (χ0v) is 12.4. The molecule has 0 radical (unpaired) electrons. The van der Waals surface area contributed by atoms with Gasteiger partial charge in [-0.2, -0.15) is 0 Å². The van der Waals surface area contributed by atoms with Crippen molar-refractivity contribution in [3.63, 3.8) is 0 Å². The summed E-state index contributed by atoms with van der Waals surface area (Å²) in [5.74, 6) is -0.0294. The van der Waals surface area contributed by atoms with E-state index in [0.717, 1.165) is 22.9 Å². The van der Waals surface area contributed by atoms with Crippen LogP contribution in [0.15, 0.2) is 16.6 Å². The number of rotatable bonds is 3. The van der Waals surface area contributed by atoms with Gasteiger partial charge in [0.1, 0.15) is 0 Å². The molecule has 1 aliphatic heterocycles. The number of hydrogen-bond acceptors (Lipinski definition) is 3. The topological polar surface area (TPSA) is 55.8 Å². The van der Waals surface area contributed by atoms with Crippen molar-refractivity contribution in [1.29, 1.82) is 0 Å². The fraction of sp³-hybridized carbons (Fsp3) is 0.500. The lowest BCUT2D eigenvalue weighted by molar-refractivity contribution is -0.137. The van der Waals surface area contributed by atoms with Crippen LogP contribution < -0.4 is 9.47 Å². The minimum Gasteiger partial charge on any atom is -0.481 e. The van der Waals surface area contributed by atoms with Gasteiger partial charge in [-0.3, -0.25) is 4.79 Å². The van der Waals surface area contributed by atoms with Crippen LogP contribution in [0, 0.1) is 0 Å². The van der Waals surface area contributed by atoms with Gasteiger partial charge in [0.05, 0.1) is 6.42 Å². The number of ether oxygens (including phenoxy) is 2. The highest BCUT2D eigenvalue weighted by Gasteiger charge is 2.48. The average Bonchev–Trinajstić information content (AvgIpc) is 2.93. The molecule has 2 aliphatic rings. The van der Waals surface area contributed by atoms with Crippen molar-refractivity contribution in [2.75, 3.05) is 0 Å². The Balaban J connectivity index is 1.99. The molecule has 0 bridgehead atoms. The first kappa shape index (κ1) is 12.8. The van der Waals surface area contributed by atoms with Gasteiger partial charge in [0.2, 0.25) is 5.79 Å². The predicted molar refractivity (Wildman–Crippen MR) is 72.6 cm³/mol. The predicted octanol–water partition coefficient (Wildman–Crippen LogP) is 3.46. The van der Waals surface area contributed by atoms with Crippen LogP contribution in [0.5, 0.6) is 11.5 Å². The van der Waals surface area contributed by atoms with Crippen LogP contribution in [0.4, 0.5) is 0 Å². The molecular formula is C14H15BrO4. The third-order valence-electron chi connectivity index (χ3n) is 3.66. The van der Waals surface area contributed by atoms with E-state index in [1.807, 2.05) is 26.0 Å². The highest BCUT2D eigenvalue weighted by Crippen LogP contribution is 2.56. The smallest absolute Gasteiger partial charge is 0.304 e. The molecule has 0 saturated heterocycles. The molecule has 1 aliphatic carbocycles. The van der Waals surface area contributed by atoms with Crippen molar-refractivity contribution >= 4 is 21.9 Å². The molecule has 0 amide bonds. The number of fused-ring (bicyclic) bond motifs is 1. The minimum absolute atomic E-state index is 0.161. The Morgan fingerprint density at radius 2 is 1.89 bits per heavy atom. The summed E-state index contributed by atoms with van der Waals surface area (Å²) in [6.45, 7) is 3.70. The molecule has 102 valence electrons. The molecule has 19 heavy (non-hydrogen) atoms. The van der Waals surface area contributed by atoms with Crippen LogP contribution in [-0.4, -0.2) is 16.9 Å². The van der Waals surface area contributed by atoms with Gasteiger partial charge in [-0.05, 0) is 30.5 Å². The average molecular weight is 327 g/mol. The maximum absolute atomic E-state index is 11.0. The lowest BCUT2D eigenvalue weighted by Gasteiger charge is -2.16. The van der Waals surface area contributed by atoms with E-state index in [4.69, 9.17) is 14.6 Å². The summed E-state index contributed by atoms with van der Waals surface area (Å²) in [6.07, 6.45) is 1.97. The second kappa shape index (κ2) is 3.88. The summed E-state index contributed by atoms with van der Waals surface area (Å²) in [4.78, 5) is 11.0. The Labute approximate surface area is 119 Å². The van der Waals surface area contributed by atoms with E-state index in [0.29, 0.717) is 11.5 Å². The fourth-order valence-corrected chi connectivity index (χ4v) is 3.38. The van der Waals surface area contributed by atoms with Crippen molar-refractivity contribution in [3.8, 4) is 11.5 Å². The molecule has 5 heteroatoms. The van der Waals surface area contributed by atoms with Gasteiger partial charge >= 0.3 is 5.97 Å². The van der Waals surface area contributed by atoms with Gasteiger partial charge in [-0.25, -0.2) is 0 Å². The van der Waals surface area contributed by atoms with Gasteiger partial charge in [0.15, 0.2) is 11.5 Å². The van der Waals surface area contributed by atoms with E-state index < -0.39 is 11.8 Å². The van der Waals surface area contributed by atoms with E-state index in [1.54, 1.807) is 0 Å². The molecule has 0 atom stereocenters. The third-order valence-corrected chi connectivity index (χ3v) is 4.32. The number of halogens is 1. The SMILES string of the molecule is CC1(C)Oc2cc(Br)c(C3(CC(=O)O)CC3)cc2O1. The van der Waals surface area contributed by atoms with Crippen LogP contribution in [-0.2, 0) is 10.2 Å². The number of aliphatic carboxylic acids is 1. The van der Waals surface area contributed by atoms with Crippen molar-refractivity contribution in [1.82, 2.24) is 0 Å². The van der Waals surface area contributed by atoms with Crippen molar-refractivity contribution < 1.29 is 19.4 Å². The van der Waals surface area contributed by atoms with Crippen LogP contribution in [0.2, 0.25) is 0 Å². The molecule has 1 aromatic rings. The Morgan fingerprint density at radius 1 is 1.32 bits per heavy atom. The maximum atomic E-state index is 11.0. The first-order chi connectivity index (χ1) is 8.81. The van der Waals surface area contributed by atoms with Gasteiger partial charge in [0, 0.05) is 23.7 Å². The molecule has 4 nitrogen and oxygen atoms in total. The lowest BCUT2D eigenvalue weighted by atomic mass is 9.92. The zero-order valence-electron chi connectivity index (χ0n) is 10.8. The number of hydrogen-bond donors (Lipinski definition) is 1. The Hall–Kier alpha value is -1.23. The Kier molecular flexibility index (Phi) is 2.61. The molecule has 1 aromatic carbocycles. The van der Waals surface area contributed by atoms with E-state index in [1.165, 1.54) is 0 Å². The van der Waals surface area contributed by atoms with Crippen LogP contribution in [0.3, 0.4) is 0 Å². The number of carboxylic acid groups (broad SMARTS) is 1. The molecule has 0 aromatic heterocycles. The van der Waals surface area contributed by atoms with Gasteiger partial charge < -0.3 is 14.6 Å². The largest absolute Gasteiger partial charge is 0.481 e. The highest BCUT2D eigenvalue weighted by molar-refractivity contribution is 9.10. The van der Waals surface area contributed by atoms with Crippen LogP contribution in [0.25, 0.3) is 0 Å². The normalized spacial score (nSPS) is 21.2. The summed E-state index contributed by atoms with van der Waals surface area (Å²) >= 11 is 3.52. The summed E-state index contributed by atoms with van der Waals surface area (Å²) in [5.41, 5.74) is 0.769. The standard InChI is InChI=1S/C14H15BrO4/c1-13(2)18-10-5-8(9(15)6-11(10)19-13)14(3-4-14)7-12(16)17/h5-6H,3-4,7H2,1-2H3,(H,16,17). The van der Waals surface area contributed by atoms with Crippen molar-refractivity contribution in [2.45, 2.75) is 44.3 Å².